The first-order valence-electron chi connectivity index (χ1n) is 6.94. The molecule has 0 aliphatic carbocycles. The predicted molar refractivity (Wildman–Crippen MR) is 76.6 cm³/mol. The molecule has 0 atom stereocenters. The van der Waals surface area contributed by atoms with Crippen molar-refractivity contribution in [2.75, 3.05) is 6.61 Å². The van der Waals surface area contributed by atoms with Crippen molar-refractivity contribution in [3.8, 4) is 0 Å². The van der Waals surface area contributed by atoms with Gasteiger partial charge in [-0.1, -0.05) is 5.16 Å². The highest BCUT2D eigenvalue weighted by molar-refractivity contribution is 7.89. The fourth-order valence-electron chi connectivity index (χ4n) is 2.72. The third-order valence-corrected chi connectivity index (χ3v) is 5.40. The molecule has 0 radical (unpaired) electrons. The van der Waals surface area contributed by atoms with Crippen molar-refractivity contribution in [1.82, 2.24) is 19.7 Å². The first kappa shape index (κ1) is 15.2. The highest BCUT2D eigenvalue weighted by Gasteiger charge is 2.26. The summed E-state index contributed by atoms with van der Waals surface area (Å²) in [5.41, 5.74) is 3.09. The number of aromatic nitrogens is 3. The molecule has 1 N–H and O–H groups in total. The van der Waals surface area contributed by atoms with E-state index < -0.39 is 10.0 Å². The van der Waals surface area contributed by atoms with Crippen molar-refractivity contribution < 1.29 is 17.7 Å². The third-order valence-electron chi connectivity index (χ3n) is 3.75. The van der Waals surface area contributed by atoms with Crippen LogP contribution in [0.1, 0.15) is 28.4 Å². The first-order chi connectivity index (χ1) is 10.4. The number of nitrogens with zero attached hydrogens (tertiary/aromatic N) is 3. The molecule has 0 saturated heterocycles. The molecular formula is C13H18N4O4S. The molecule has 0 amide bonds. The summed E-state index contributed by atoms with van der Waals surface area (Å²) in [5.74, 6) is 0.274. The number of hydrogen-bond acceptors (Lipinski definition) is 6. The van der Waals surface area contributed by atoms with Gasteiger partial charge in [-0.3, -0.25) is 4.68 Å². The maximum absolute atomic E-state index is 12.4. The van der Waals surface area contributed by atoms with Crippen LogP contribution in [0.15, 0.2) is 9.42 Å². The van der Waals surface area contributed by atoms with Crippen LogP contribution in [0, 0.1) is 13.8 Å². The molecule has 1 aliphatic rings. The summed E-state index contributed by atoms with van der Waals surface area (Å²) in [7, 11) is -1.83. The Balaban J connectivity index is 1.84. The molecule has 2 aromatic rings. The Morgan fingerprint density at radius 2 is 2.14 bits per heavy atom. The van der Waals surface area contributed by atoms with Gasteiger partial charge in [-0.15, -0.1) is 0 Å². The molecule has 3 heterocycles. The van der Waals surface area contributed by atoms with Gasteiger partial charge in [-0.05, 0) is 13.8 Å². The van der Waals surface area contributed by atoms with Gasteiger partial charge < -0.3 is 9.26 Å². The Kier molecular flexibility index (Phi) is 3.79. The van der Waals surface area contributed by atoms with Crippen LogP contribution in [0.25, 0.3) is 0 Å². The number of fused-ring (bicyclic) bond motifs is 1. The minimum atomic E-state index is -3.69. The van der Waals surface area contributed by atoms with Crippen molar-refractivity contribution in [1.29, 1.82) is 0 Å². The van der Waals surface area contributed by atoms with Crippen LogP contribution in [0.5, 0.6) is 0 Å². The van der Waals surface area contributed by atoms with E-state index in [1.807, 2.05) is 7.05 Å². The number of sulfonamides is 1. The second-order valence-corrected chi connectivity index (χ2v) is 6.98. The van der Waals surface area contributed by atoms with E-state index >= 15 is 0 Å². The predicted octanol–water partition coefficient (Wildman–Crippen LogP) is 0.576. The van der Waals surface area contributed by atoms with Gasteiger partial charge in [0.2, 0.25) is 10.0 Å². The van der Waals surface area contributed by atoms with Gasteiger partial charge in [0.25, 0.3) is 0 Å². The molecule has 3 rings (SSSR count). The molecule has 1 aliphatic heterocycles. The quantitative estimate of drug-likeness (QED) is 0.882. The fourth-order valence-corrected chi connectivity index (χ4v) is 4.03. The van der Waals surface area contributed by atoms with Gasteiger partial charge in [0.15, 0.2) is 5.76 Å². The Morgan fingerprint density at radius 1 is 1.36 bits per heavy atom. The van der Waals surface area contributed by atoms with Crippen LogP contribution < -0.4 is 4.72 Å². The highest BCUT2D eigenvalue weighted by atomic mass is 32.2. The van der Waals surface area contributed by atoms with E-state index in [1.54, 1.807) is 18.5 Å². The zero-order valence-electron chi connectivity index (χ0n) is 12.7. The van der Waals surface area contributed by atoms with E-state index in [1.165, 1.54) is 0 Å². The summed E-state index contributed by atoms with van der Waals surface area (Å²) in [6.07, 6.45) is 0.787. The van der Waals surface area contributed by atoms with E-state index in [0.717, 1.165) is 17.7 Å². The number of hydrogen-bond donors (Lipinski definition) is 1. The van der Waals surface area contributed by atoms with Crippen molar-refractivity contribution in [3.63, 3.8) is 0 Å². The summed E-state index contributed by atoms with van der Waals surface area (Å²) >= 11 is 0. The molecule has 9 heteroatoms. The summed E-state index contributed by atoms with van der Waals surface area (Å²) in [4.78, 5) is 0.0912. The minimum Gasteiger partial charge on any atom is -0.376 e. The molecule has 0 saturated carbocycles. The van der Waals surface area contributed by atoms with E-state index in [0.29, 0.717) is 24.6 Å². The fraction of sp³-hybridized carbons (Fsp3) is 0.538. The number of nitrogens with one attached hydrogen (secondary N) is 1. The molecule has 0 spiro atoms. The Labute approximate surface area is 128 Å². The standard InChI is InChI=1S/C13H18N4O4S/c1-8-13(9(2)21-16-8)22(18,19)14-6-11-10-7-20-5-4-12(10)17(3)15-11/h14H,4-7H2,1-3H3. The van der Waals surface area contributed by atoms with Crippen molar-refractivity contribution in [3.05, 3.63) is 28.4 Å². The van der Waals surface area contributed by atoms with E-state index in [4.69, 9.17) is 9.26 Å². The van der Waals surface area contributed by atoms with E-state index in [-0.39, 0.29) is 17.2 Å². The Bertz CT molecular complexity index is 787. The molecule has 0 unspecified atom stereocenters. The molecule has 8 nitrogen and oxygen atoms in total. The van der Waals surface area contributed by atoms with Crippen LogP contribution >= 0.6 is 0 Å². The lowest BCUT2D eigenvalue weighted by atomic mass is 10.1. The van der Waals surface area contributed by atoms with Crippen LogP contribution in [0.4, 0.5) is 0 Å². The van der Waals surface area contributed by atoms with Crippen LogP contribution in [-0.2, 0) is 41.4 Å². The monoisotopic (exact) mass is 326 g/mol. The van der Waals surface area contributed by atoms with Crippen LogP contribution in [-0.4, -0.2) is 30.0 Å². The molecule has 2 aromatic heterocycles. The second-order valence-electron chi connectivity index (χ2n) is 5.28. The summed E-state index contributed by atoms with van der Waals surface area (Å²) in [6, 6.07) is 0. The molecule has 22 heavy (non-hydrogen) atoms. The average molecular weight is 326 g/mol. The molecule has 0 aromatic carbocycles. The molecule has 0 fully saturated rings. The molecular weight excluding hydrogens is 308 g/mol. The number of aryl methyl sites for hydroxylation is 3. The lowest BCUT2D eigenvalue weighted by Gasteiger charge is -2.13. The van der Waals surface area contributed by atoms with Crippen LogP contribution in [0.3, 0.4) is 0 Å². The molecule has 0 bridgehead atoms. The Hall–Kier alpha value is -1.71. The zero-order chi connectivity index (χ0) is 15.9. The van der Waals surface area contributed by atoms with Crippen molar-refractivity contribution >= 4 is 10.0 Å². The normalized spacial score (nSPS) is 15.0. The SMILES string of the molecule is Cc1noc(C)c1S(=O)(=O)NCc1nn(C)c2c1COCC2. The number of rotatable bonds is 4. The van der Waals surface area contributed by atoms with Gasteiger partial charge >= 0.3 is 0 Å². The third kappa shape index (κ3) is 2.55. The topological polar surface area (TPSA) is 99.3 Å². The summed E-state index contributed by atoms with van der Waals surface area (Å²) in [6.45, 7) is 4.41. The summed E-state index contributed by atoms with van der Waals surface area (Å²) < 4.78 is 39.5. The van der Waals surface area contributed by atoms with Gasteiger partial charge in [-0.25, -0.2) is 13.1 Å². The van der Waals surface area contributed by atoms with Gasteiger partial charge in [0, 0.05) is 24.7 Å². The first-order valence-corrected chi connectivity index (χ1v) is 8.42. The maximum atomic E-state index is 12.4. The lowest BCUT2D eigenvalue weighted by molar-refractivity contribution is 0.108. The van der Waals surface area contributed by atoms with Gasteiger partial charge in [0.1, 0.15) is 10.6 Å². The van der Waals surface area contributed by atoms with Gasteiger partial charge in [0.05, 0.1) is 25.5 Å². The van der Waals surface area contributed by atoms with Crippen molar-refractivity contribution in [2.45, 2.75) is 38.3 Å². The zero-order valence-corrected chi connectivity index (χ0v) is 13.5. The van der Waals surface area contributed by atoms with Gasteiger partial charge in [-0.2, -0.15) is 5.10 Å². The second kappa shape index (κ2) is 5.49. The smallest absolute Gasteiger partial charge is 0.246 e. The summed E-state index contributed by atoms with van der Waals surface area (Å²) in [5, 5.41) is 8.07. The number of ether oxygens (including phenoxy) is 1. The minimum absolute atomic E-state index is 0.0912. The van der Waals surface area contributed by atoms with E-state index in [9.17, 15) is 8.42 Å². The highest BCUT2D eigenvalue weighted by Crippen LogP contribution is 2.22. The largest absolute Gasteiger partial charge is 0.376 e. The average Bonchev–Trinajstić information content (AvgIpc) is 2.98. The Morgan fingerprint density at radius 3 is 2.82 bits per heavy atom. The molecule has 120 valence electrons. The van der Waals surface area contributed by atoms with Crippen LogP contribution in [0.2, 0.25) is 0 Å². The van der Waals surface area contributed by atoms with E-state index in [2.05, 4.69) is 15.0 Å². The maximum Gasteiger partial charge on any atom is 0.246 e. The lowest BCUT2D eigenvalue weighted by Crippen LogP contribution is -2.25. The van der Waals surface area contributed by atoms with Crippen molar-refractivity contribution in [2.24, 2.45) is 7.05 Å².